The number of hydrogen-bond acceptors (Lipinski definition) is 2. The number of halogens is 1. The molecular formula is C9H13BrOS. The Morgan fingerprint density at radius 1 is 1.58 bits per heavy atom. The average molecular weight is 249 g/mol. The summed E-state index contributed by atoms with van der Waals surface area (Å²) >= 11 is 5.18. The maximum atomic E-state index is 9.07. The summed E-state index contributed by atoms with van der Waals surface area (Å²) in [7, 11) is 0. The molecule has 0 atom stereocenters. The largest absolute Gasteiger partial charge is 0.396 e. The Bertz CT molecular complexity index is 255. The minimum Gasteiger partial charge on any atom is -0.396 e. The van der Waals surface area contributed by atoms with Crippen molar-refractivity contribution in [1.29, 1.82) is 0 Å². The molecule has 1 heterocycles. The van der Waals surface area contributed by atoms with Gasteiger partial charge in [-0.25, -0.2) is 0 Å². The molecule has 0 aliphatic rings. The van der Waals surface area contributed by atoms with Gasteiger partial charge in [-0.3, -0.25) is 0 Å². The second kappa shape index (κ2) is 3.90. The summed E-state index contributed by atoms with van der Waals surface area (Å²) in [5.41, 5.74) is 1.28. The molecule has 0 saturated carbocycles. The Morgan fingerprint density at radius 2 is 2.25 bits per heavy atom. The zero-order valence-electron chi connectivity index (χ0n) is 7.30. The SMILES string of the molecule is CC(C)(CO)Cc1ccsc1Br. The van der Waals surface area contributed by atoms with Gasteiger partial charge in [0.1, 0.15) is 0 Å². The molecule has 1 rings (SSSR count). The van der Waals surface area contributed by atoms with Crippen LogP contribution < -0.4 is 0 Å². The van der Waals surface area contributed by atoms with E-state index in [9.17, 15) is 0 Å². The van der Waals surface area contributed by atoms with Crippen LogP contribution in [0.15, 0.2) is 15.2 Å². The van der Waals surface area contributed by atoms with Crippen LogP contribution in [-0.2, 0) is 6.42 Å². The highest BCUT2D eigenvalue weighted by molar-refractivity contribution is 9.11. The van der Waals surface area contributed by atoms with Gasteiger partial charge in [-0.1, -0.05) is 13.8 Å². The van der Waals surface area contributed by atoms with Crippen molar-refractivity contribution in [3.05, 3.63) is 20.8 Å². The summed E-state index contributed by atoms with van der Waals surface area (Å²) in [5, 5.41) is 11.1. The van der Waals surface area contributed by atoms with Crippen molar-refractivity contribution in [1.82, 2.24) is 0 Å². The normalized spacial score (nSPS) is 12.0. The van der Waals surface area contributed by atoms with Crippen LogP contribution in [0.25, 0.3) is 0 Å². The van der Waals surface area contributed by atoms with Crippen LogP contribution in [-0.4, -0.2) is 11.7 Å². The highest BCUT2D eigenvalue weighted by Crippen LogP contribution is 2.29. The van der Waals surface area contributed by atoms with E-state index in [0.29, 0.717) is 0 Å². The van der Waals surface area contributed by atoms with Crippen LogP contribution in [0.5, 0.6) is 0 Å². The highest BCUT2D eigenvalue weighted by atomic mass is 79.9. The molecule has 0 saturated heterocycles. The molecule has 3 heteroatoms. The van der Waals surface area contributed by atoms with Crippen LogP contribution in [0.2, 0.25) is 0 Å². The van der Waals surface area contributed by atoms with Gasteiger partial charge < -0.3 is 5.11 Å². The molecule has 0 aliphatic carbocycles. The van der Waals surface area contributed by atoms with Crippen LogP contribution in [0.3, 0.4) is 0 Å². The quantitative estimate of drug-likeness (QED) is 0.872. The lowest BCUT2D eigenvalue weighted by atomic mass is 9.88. The first-order chi connectivity index (χ1) is 5.55. The molecule has 1 aromatic heterocycles. The summed E-state index contributed by atoms with van der Waals surface area (Å²) in [6, 6.07) is 2.10. The average Bonchev–Trinajstić information content (AvgIpc) is 2.36. The predicted octanol–water partition coefficient (Wildman–Crippen LogP) is 3.07. The fourth-order valence-corrected chi connectivity index (χ4v) is 2.26. The maximum absolute atomic E-state index is 9.07. The van der Waals surface area contributed by atoms with E-state index < -0.39 is 0 Å². The zero-order valence-corrected chi connectivity index (χ0v) is 9.70. The van der Waals surface area contributed by atoms with E-state index in [4.69, 9.17) is 5.11 Å². The summed E-state index contributed by atoms with van der Waals surface area (Å²) in [6.07, 6.45) is 0.924. The summed E-state index contributed by atoms with van der Waals surface area (Å²) in [4.78, 5) is 0. The molecule has 1 N–H and O–H groups in total. The third kappa shape index (κ3) is 2.57. The van der Waals surface area contributed by atoms with Crippen molar-refractivity contribution >= 4 is 27.3 Å². The Hall–Kier alpha value is 0.140. The van der Waals surface area contributed by atoms with E-state index >= 15 is 0 Å². The zero-order chi connectivity index (χ0) is 9.19. The number of rotatable bonds is 3. The molecule has 68 valence electrons. The van der Waals surface area contributed by atoms with Gasteiger partial charge in [0.15, 0.2) is 0 Å². The molecular weight excluding hydrogens is 236 g/mol. The van der Waals surface area contributed by atoms with Gasteiger partial charge in [0.25, 0.3) is 0 Å². The second-order valence-corrected chi connectivity index (χ2v) is 5.95. The van der Waals surface area contributed by atoms with E-state index in [-0.39, 0.29) is 12.0 Å². The topological polar surface area (TPSA) is 20.2 Å². The van der Waals surface area contributed by atoms with E-state index in [1.165, 1.54) is 9.35 Å². The molecule has 0 aromatic carbocycles. The van der Waals surface area contributed by atoms with E-state index in [2.05, 4.69) is 41.2 Å². The predicted molar refractivity (Wildman–Crippen MR) is 56.6 cm³/mol. The fourth-order valence-electron chi connectivity index (χ4n) is 1.02. The van der Waals surface area contributed by atoms with Crippen molar-refractivity contribution < 1.29 is 5.11 Å². The molecule has 0 aliphatic heterocycles. The van der Waals surface area contributed by atoms with Crippen molar-refractivity contribution in [2.24, 2.45) is 5.41 Å². The van der Waals surface area contributed by atoms with Gasteiger partial charge in [-0.15, -0.1) is 11.3 Å². The van der Waals surface area contributed by atoms with Crippen LogP contribution in [0, 0.1) is 5.41 Å². The van der Waals surface area contributed by atoms with Gasteiger partial charge in [0.05, 0.1) is 3.79 Å². The molecule has 0 unspecified atom stereocenters. The fraction of sp³-hybridized carbons (Fsp3) is 0.556. The number of hydrogen-bond donors (Lipinski definition) is 1. The Morgan fingerprint density at radius 3 is 2.67 bits per heavy atom. The van der Waals surface area contributed by atoms with Crippen LogP contribution >= 0.6 is 27.3 Å². The first-order valence-electron chi connectivity index (χ1n) is 3.88. The summed E-state index contributed by atoms with van der Waals surface area (Å²) < 4.78 is 1.18. The van der Waals surface area contributed by atoms with Gasteiger partial charge in [-0.2, -0.15) is 0 Å². The molecule has 0 radical (unpaired) electrons. The number of aliphatic hydroxyl groups is 1. The first kappa shape index (κ1) is 10.2. The lowest BCUT2D eigenvalue weighted by Crippen LogP contribution is -2.19. The third-order valence-corrected chi connectivity index (χ3v) is 3.60. The Kier molecular flexibility index (Phi) is 3.32. The molecule has 0 bridgehead atoms. The Labute approximate surface area is 85.6 Å². The number of aliphatic hydroxyl groups excluding tert-OH is 1. The van der Waals surface area contributed by atoms with Gasteiger partial charge in [0, 0.05) is 6.61 Å². The molecule has 0 spiro atoms. The Balaban J connectivity index is 2.70. The van der Waals surface area contributed by atoms with E-state index in [1.54, 1.807) is 11.3 Å². The van der Waals surface area contributed by atoms with E-state index in [1.807, 2.05) is 0 Å². The van der Waals surface area contributed by atoms with Gasteiger partial charge in [0.2, 0.25) is 0 Å². The summed E-state index contributed by atoms with van der Waals surface area (Å²) in [6.45, 7) is 4.36. The first-order valence-corrected chi connectivity index (χ1v) is 5.55. The lowest BCUT2D eigenvalue weighted by Gasteiger charge is -2.20. The molecule has 1 nitrogen and oxygen atoms in total. The molecule has 12 heavy (non-hydrogen) atoms. The van der Waals surface area contributed by atoms with Crippen molar-refractivity contribution in [2.45, 2.75) is 20.3 Å². The summed E-state index contributed by atoms with van der Waals surface area (Å²) in [5.74, 6) is 0. The van der Waals surface area contributed by atoms with Crippen molar-refractivity contribution in [3.63, 3.8) is 0 Å². The minimum absolute atomic E-state index is 0.0103. The molecule has 1 aromatic rings. The lowest BCUT2D eigenvalue weighted by molar-refractivity contribution is 0.159. The van der Waals surface area contributed by atoms with Crippen LogP contribution in [0.1, 0.15) is 19.4 Å². The second-order valence-electron chi connectivity index (χ2n) is 3.72. The highest BCUT2D eigenvalue weighted by Gasteiger charge is 2.18. The smallest absolute Gasteiger partial charge is 0.0730 e. The van der Waals surface area contributed by atoms with Gasteiger partial charge in [-0.05, 0) is 44.8 Å². The van der Waals surface area contributed by atoms with Crippen LogP contribution in [0.4, 0.5) is 0 Å². The van der Waals surface area contributed by atoms with Crippen molar-refractivity contribution in [3.8, 4) is 0 Å². The minimum atomic E-state index is -0.0103. The van der Waals surface area contributed by atoms with Crippen molar-refractivity contribution in [2.75, 3.05) is 6.61 Å². The standard InChI is InChI=1S/C9H13BrOS/c1-9(2,6-11)5-7-3-4-12-8(7)10/h3-4,11H,5-6H2,1-2H3. The third-order valence-electron chi connectivity index (χ3n) is 1.79. The van der Waals surface area contributed by atoms with E-state index in [0.717, 1.165) is 6.42 Å². The monoisotopic (exact) mass is 248 g/mol. The maximum Gasteiger partial charge on any atom is 0.0730 e. The number of thiophene rings is 1. The molecule has 0 fully saturated rings. The molecule has 0 amide bonds. The van der Waals surface area contributed by atoms with Gasteiger partial charge >= 0.3 is 0 Å².